The van der Waals surface area contributed by atoms with Crippen LogP contribution in [0.3, 0.4) is 0 Å². The molecule has 65 heavy (non-hydrogen) atoms. The Morgan fingerprint density at radius 2 is 1.29 bits per heavy atom. The number of hydrogen-bond donors (Lipinski definition) is 7. The number of aliphatic hydroxyl groups is 2. The number of carboxylic acid groups (broad SMARTS) is 1. The van der Waals surface area contributed by atoms with Crippen molar-refractivity contribution in [3.05, 3.63) is 0 Å². The van der Waals surface area contributed by atoms with Gasteiger partial charge in [0.15, 0.2) is 6.29 Å². The van der Waals surface area contributed by atoms with Gasteiger partial charge in [-0.3, -0.25) is 33.6 Å². The summed E-state index contributed by atoms with van der Waals surface area (Å²) in [6, 6.07) is -3.95. The third-order valence-electron chi connectivity index (χ3n) is 11.8. The number of nitrogens with one attached hydrogen (secondary N) is 3. The Morgan fingerprint density at radius 3 is 1.83 bits per heavy atom. The number of amides is 4. The standard InChI is InChI=1S/C47H82N4O14/c1-5-6-7-8-9-10-11-12-13-14-17-20-23-26-37(54)35(25-22-19-16-15-18-21-24-29-52)30-40(57)63-31-38-42(58)43(41(47(62)65-38)50-34(4)53)64-33(3)46(61)49-32(2)45(60)51-36(44(48)59)27-28-39(55)56/h29,32-33,35-36,38,41-43,47,58,62H,5-28,30-31H2,1-4H3,(H2,48,59)(H,49,61)(H,50,53)(H,51,60)(H,55,56)/t32-,33?,35+,36+,38+,41+,42+,43-,47?/m0/s1. The SMILES string of the molecule is CCCCCCCCCCCCCCCC(=O)[C@H](CCCCCCCCC=O)CC(=O)OC[C@H]1OC(O)[C@H](NC(C)=O)[C@H](OC(C)C(=O)N[C@@H](C)C(=O)N[C@H](CCC(=O)O)C(N)=O)[C@@H]1O. The molecule has 0 spiro atoms. The van der Waals surface area contributed by atoms with Gasteiger partial charge in [-0.15, -0.1) is 0 Å². The average Bonchev–Trinajstić information content (AvgIpc) is 3.25. The lowest BCUT2D eigenvalue weighted by molar-refractivity contribution is -0.267. The van der Waals surface area contributed by atoms with Crippen LogP contribution < -0.4 is 21.7 Å². The van der Waals surface area contributed by atoms with Crippen molar-refractivity contribution in [3.8, 4) is 0 Å². The van der Waals surface area contributed by atoms with Crippen LogP contribution in [0.4, 0.5) is 0 Å². The Bertz CT molecular complexity index is 1430. The number of carbonyl (C=O) groups excluding carboxylic acids is 7. The first-order valence-corrected chi connectivity index (χ1v) is 24.2. The second kappa shape index (κ2) is 35.2. The maximum Gasteiger partial charge on any atom is 0.306 e. The van der Waals surface area contributed by atoms with Gasteiger partial charge in [0.2, 0.25) is 23.6 Å². The summed E-state index contributed by atoms with van der Waals surface area (Å²) in [4.78, 5) is 98.0. The molecule has 9 atom stereocenters. The van der Waals surface area contributed by atoms with Crippen molar-refractivity contribution < 1.29 is 67.9 Å². The van der Waals surface area contributed by atoms with E-state index in [0.29, 0.717) is 19.3 Å². The number of unbranched alkanes of at least 4 members (excludes halogenated alkanes) is 18. The maximum absolute atomic E-state index is 13.5. The van der Waals surface area contributed by atoms with Crippen LogP contribution in [0.25, 0.3) is 0 Å². The van der Waals surface area contributed by atoms with E-state index in [2.05, 4.69) is 22.9 Å². The molecule has 1 heterocycles. The van der Waals surface area contributed by atoms with Crippen molar-refractivity contribution in [1.82, 2.24) is 16.0 Å². The van der Waals surface area contributed by atoms with Crippen LogP contribution in [0.5, 0.6) is 0 Å². The molecule has 4 amide bonds. The molecule has 18 nitrogen and oxygen atoms in total. The van der Waals surface area contributed by atoms with Crippen molar-refractivity contribution >= 4 is 47.6 Å². The van der Waals surface area contributed by atoms with Gasteiger partial charge >= 0.3 is 11.9 Å². The summed E-state index contributed by atoms with van der Waals surface area (Å²) in [5.74, 6) is -5.76. The van der Waals surface area contributed by atoms with Crippen LogP contribution >= 0.6 is 0 Å². The number of nitrogens with two attached hydrogens (primary N) is 1. The molecule has 1 aliphatic rings. The lowest BCUT2D eigenvalue weighted by Crippen LogP contribution is -2.66. The Kier molecular flexibility index (Phi) is 32.0. The summed E-state index contributed by atoms with van der Waals surface area (Å²) in [5.41, 5.74) is 5.28. The van der Waals surface area contributed by atoms with Crippen molar-refractivity contribution in [2.24, 2.45) is 11.7 Å². The predicted molar refractivity (Wildman–Crippen MR) is 242 cm³/mol. The first-order chi connectivity index (χ1) is 31.0. The van der Waals surface area contributed by atoms with Crippen LogP contribution in [0.1, 0.15) is 188 Å². The Labute approximate surface area is 386 Å². The smallest absolute Gasteiger partial charge is 0.306 e. The number of aliphatic hydroxyl groups excluding tert-OH is 2. The lowest BCUT2D eigenvalue weighted by Gasteiger charge is -2.43. The van der Waals surface area contributed by atoms with E-state index in [1.807, 2.05) is 0 Å². The topological polar surface area (TPSA) is 287 Å². The third kappa shape index (κ3) is 26.7. The number of carbonyl (C=O) groups is 8. The number of carboxylic acids is 1. The Hall–Kier alpha value is -4.00. The molecule has 1 saturated heterocycles. The Morgan fingerprint density at radius 1 is 0.738 bits per heavy atom. The second-order valence-corrected chi connectivity index (χ2v) is 17.6. The van der Waals surface area contributed by atoms with Crippen molar-refractivity contribution in [2.75, 3.05) is 6.61 Å². The number of primary amides is 1. The molecule has 0 bridgehead atoms. The maximum atomic E-state index is 13.5. The monoisotopic (exact) mass is 927 g/mol. The van der Waals surface area contributed by atoms with Crippen molar-refractivity contribution in [2.45, 2.75) is 237 Å². The van der Waals surface area contributed by atoms with Gasteiger partial charge in [-0.2, -0.15) is 0 Å². The van der Waals surface area contributed by atoms with Crippen LogP contribution in [0.2, 0.25) is 0 Å². The number of aldehydes is 1. The van der Waals surface area contributed by atoms with E-state index < -0.39 is 103 Å². The van der Waals surface area contributed by atoms with Gasteiger partial charge in [0.05, 0.1) is 6.42 Å². The van der Waals surface area contributed by atoms with Gasteiger partial charge in [-0.05, 0) is 39.5 Å². The number of rotatable bonds is 39. The zero-order valence-electron chi connectivity index (χ0n) is 39.6. The minimum atomic E-state index is -1.78. The average molecular weight is 927 g/mol. The van der Waals surface area contributed by atoms with Crippen LogP contribution in [-0.2, 0) is 52.6 Å². The largest absolute Gasteiger partial charge is 0.481 e. The number of hydrogen-bond acceptors (Lipinski definition) is 13. The molecule has 0 aliphatic carbocycles. The highest BCUT2D eigenvalue weighted by molar-refractivity contribution is 5.92. The molecule has 0 radical (unpaired) electrons. The normalized spacial score (nSPS) is 20.1. The number of Topliss-reactive ketones (excluding diaryl/α,β-unsaturated/α-hetero) is 1. The summed E-state index contributed by atoms with van der Waals surface area (Å²) in [6.07, 6.45) is 14.5. The van der Waals surface area contributed by atoms with E-state index in [-0.39, 0.29) is 18.6 Å². The first kappa shape index (κ1) is 59.0. The molecule has 0 aromatic rings. The van der Waals surface area contributed by atoms with Crippen molar-refractivity contribution in [3.63, 3.8) is 0 Å². The molecular weight excluding hydrogens is 845 g/mol. The second-order valence-electron chi connectivity index (χ2n) is 17.6. The summed E-state index contributed by atoms with van der Waals surface area (Å²) in [7, 11) is 0. The highest BCUT2D eigenvalue weighted by Crippen LogP contribution is 2.26. The van der Waals surface area contributed by atoms with Crippen LogP contribution in [0.15, 0.2) is 0 Å². The summed E-state index contributed by atoms with van der Waals surface area (Å²) >= 11 is 0. The van der Waals surface area contributed by atoms with Crippen molar-refractivity contribution in [1.29, 1.82) is 0 Å². The molecule has 0 aromatic carbocycles. The molecule has 1 fully saturated rings. The molecular formula is C47H82N4O14. The number of aliphatic carboxylic acids is 1. The molecule has 0 saturated carbocycles. The summed E-state index contributed by atoms with van der Waals surface area (Å²) in [6.45, 7) is 5.42. The van der Waals surface area contributed by atoms with Gasteiger partial charge in [0.25, 0.3) is 0 Å². The number of ketones is 1. The van der Waals surface area contributed by atoms with E-state index in [1.165, 1.54) is 71.6 Å². The summed E-state index contributed by atoms with van der Waals surface area (Å²) in [5, 5.41) is 38.3. The lowest BCUT2D eigenvalue weighted by atomic mass is 9.90. The molecule has 2 unspecified atom stereocenters. The van der Waals surface area contributed by atoms with Gasteiger partial charge in [0.1, 0.15) is 61.2 Å². The third-order valence-corrected chi connectivity index (χ3v) is 11.8. The first-order valence-electron chi connectivity index (χ1n) is 24.2. The van der Waals surface area contributed by atoms with E-state index in [9.17, 15) is 48.6 Å². The molecule has 0 aromatic heterocycles. The minimum Gasteiger partial charge on any atom is -0.481 e. The van der Waals surface area contributed by atoms with Gasteiger partial charge < -0.3 is 56.0 Å². The number of ether oxygens (including phenoxy) is 3. The molecule has 1 aliphatic heterocycles. The number of esters is 1. The van der Waals surface area contributed by atoms with Crippen LogP contribution in [0, 0.1) is 5.92 Å². The molecule has 18 heteroatoms. The van der Waals surface area contributed by atoms with E-state index in [4.69, 9.17) is 25.1 Å². The van der Waals surface area contributed by atoms with E-state index in [1.54, 1.807) is 0 Å². The van der Waals surface area contributed by atoms with Gasteiger partial charge in [0, 0.05) is 32.1 Å². The molecule has 374 valence electrons. The van der Waals surface area contributed by atoms with Crippen LogP contribution in [-0.4, -0.2) is 118 Å². The quantitative estimate of drug-likeness (QED) is 0.0252. The van der Waals surface area contributed by atoms with E-state index >= 15 is 0 Å². The highest BCUT2D eigenvalue weighted by atomic mass is 16.6. The van der Waals surface area contributed by atoms with E-state index in [0.717, 1.165) is 77.4 Å². The minimum absolute atomic E-state index is 0.00284. The van der Waals surface area contributed by atoms with Gasteiger partial charge in [-0.1, -0.05) is 116 Å². The predicted octanol–water partition coefficient (Wildman–Crippen LogP) is 4.60. The molecule has 1 rings (SSSR count). The fourth-order valence-electron chi connectivity index (χ4n) is 7.82. The molecule has 8 N–H and O–H groups in total. The zero-order chi connectivity index (χ0) is 48.6. The summed E-state index contributed by atoms with van der Waals surface area (Å²) < 4.78 is 16.9. The zero-order valence-corrected chi connectivity index (χ0v) is 39.6. The fraction of sp³-hybridized carbons (Fsp3) is 0.830. The Balaban J connectivity index is 2.85. The fourth-order valence-corrected chi connectivity index (χ4v) is 7.82. The van der Waals surface area contributed by atoms with Gasteiger partial charge in [-0.25, -0.2) is 0 Å². The highest BCUT2D eigenvalue weighted by Gasteiger charge is 2.47.